The molecule has 0 spiro atoms. The molecule has 0 aliphatic carbocycles. The molecule has 176 valence electrons. The van der Waals surface area contributed by atoms with E-state index in [9.17, 15) is 13.2 Å². The quantitative estimate of drug-likeness (QED) is 0.370. The Labute approximate surface area is 200 Å². The van der Waals surface area contributed by atoms with Crippen LogP contribution >= 0.6 is 11.3 Å². The summed E-state index contributed by atoms with van der Waals surface area (Å²) in [6, 6.07) is 16.4. The van der Waals surface area contributed by atoms with Crippen LogP contribution in [-0.2, 0) is 10.0 Å². The predicted octanol–water partition coefficient (Wildman–Crippen LogP) is 4.38. The topological polar surface area (TPSA) is 116 Å². The number of carbonyl (C=O) groups excluding carboxylic acids is 1. The van der Waals surface area contributed by atoms with Gasteiger partial charge in [0.2, 0.25) is 0 Å². The number of fused-ring (bicyclic) bond motifs is 1. The average molecular weight is 500 g/mol. The standard InChI is InChI=1S/C23H21N3O6S2/c1-30-16-9-10-17(31-2)20(13-16)34(28,29)26-15-11-18(32-3)21-19(12-15)33-23(24-21)25-22(27)14-7-5-4-6-8-14/h4-13,26H,1-3H3,(H,24,25,27). The van der Waals surface area contributed by atoms with Gasteiger partial charge in [0.1, 0.15) is 27.7 Å². The van der Waals surface area contributed by atoms with Crippen LogP contribution in [0.4, 0.5) is 10.8 Å². The predicted molar refractivity (Wildman–Crippen MR) is 131 cm³/mol. The van der Waals surface area contributed by atoms with Gasteiger partial charge in [0.25, 0.3) is 15.9 Å². The number of carbonyl (C=O) groups is 1. The highest BCUT2D eigenvalue weighted by Crippen LogP contribution is 2.37. The number of hydrogen-bond acceptors (Lipinski definition) is 8. The van der Waals surface area contributed by atoms with E-state index in [-0.39, 0.29) is 22.2 Å². The van der Waals surface area contributed by atoms with Crippen molar-refractivity contribution in [1.29, 1.82) is 0 Å². The van der Waals surface area contributed by atoms with Crippen LogP contribution in [0.1, 0.15) is 10.4 Å². The van der Waals surface area contributed by atoms with Gasteiger partial charge in [-0.05, 0) is 30.3 Å². The number of aromatic nitrogens is 1. The van der Waals surface area contributed by atoms with Gasteiger partial charge in [-0.2, -0.15) is 0 Å². The van der Waals surface area contributed by atoms with Crippen LogP contribution in [0.15, 0.2) is 65.6 Å². The molecule has 0 saturated carbocycles. The third kappa shape index (κ3) is 4.75. The number of amides is 1. The van der Waals surface area contributed by atoms with Crippen LogP contribution in [0.25, 0.3) is 10.2 Å². The average Bonchev–Trinajstić information content (AvgIpc) is 3.25. The van der Waals surface area contributed by atoms with Crippen LogP contribution in [0.3, 0.4) is 0 Å². The molecule has 0 unspecified atom stereocenters. The molecule has 4 rings (SSSR count). The Morgan fingerprint density at radius 1 is 0.912 bits per heavy atom. The van der Waals surface area contributed by atoms with Gasteiger partial charge >= 0.3 is 0 Å². The molecule has 1 heterocycles. The summed E-state index contributed by atoms with van der Waals surface area (Å²) in [4.78, 5) is 16.8. The summed E-state index contributed by atoms with van der Waals surface area (Å²) >= 11 is 1.20. The lowest BCUT2D eigenvalue weighted by Crippen LogP contribution is -2.14. The molecule has 11 heteroatoms. The van der Waals surface area contributed by atoms with Crippen molar-refractivity contribution in [2.75, 3.05) is 31.4 Å². The van der Waals surface area contributed by atoms with Gasteiger partial charge < -0.3 is 14.2 Å². The second-order valence-corrected chi connectivity index (χ2v) is 9.67. The van der Waals surface area contributed by atoms with Gasteiger partial charge in [0, 0.05) is 17.7 Å². The van der Waals surface area contributed by atoms with E-state index in [4.69, 9.17) is 14.2 Å². The first-order valence-electron chi connectivity index (χ1n) is 9.94. The summed E-state index contributed by atoms with van der Waals surface area (Å²) in [5.74, 6) is 0.592. The van der Waals surface area contributed by atoms with E-state index in [0.717, 1.165) is 0 Å². The minimum Gasteiger partial charge on any atom is -0.497 e. The zero-order valence-corrected chi connectivity index (χ0v) is 20.1. The summed E-state index contributed by atoms with van der Waals surface area (Å²) in [7, 11) is 0.266. The van der Waals surface area contributed by atoms with Gasteiger partial charge in [0.15, 0.2) is 5.13 Å². The number of thiazole rings is 1. The first-order chi connectivity index (χ1) is 16.3. The molecule has 0 atom stereocenters. The summed E-state index contributed by atoms with van der Waals surface area (Å²) in [6.07, 6.45) is 0. The maximum atomic E-state index is 13.1. The summed E-state index contributed by atoms with van der Waals surface area (Å²) in [5.41, 5.74) is 1.26. The molecule has 0 radical (unpaired) electrons. The number of nitrogens with zero attached hydrogens (tertiary/aromatic N) is 1. The maximum Gasteiger partial charge on any atom is 0.265 e. The smallest absolute Gasteiger partial charge is 0.265 e. The lowest BCUT2D eigenvalue weighted by molar-refractivity contribution is 0.102. The molecule has 9 nitrogen and oxygen atoms in total. The zero-order valence-electron chi connectivity index (χ0n) is 18.5. The number of nitrogens with one attached hydrogen (secondary N) is 2. The van der Waals surface area contributed by atoms with Crippen LogP contribution in [0, 0.1) is 0 Å². The first kappa shape index (κ1) is 23.3. The number of ether oxygens (including phenoxy) is 3. The Bertz CT molecular complexity index is 1450. The van der Waals surface area contributed by atoms with Crippen molar-refractivity contribution in [2.45, 2.75) is 4.90 Å². The fourth-order valence-corrected chi connectivity index (χ4v) is 5.37. The molecular formula is C23H21N3O6S2. The van der Waals surface area contributed by atoms with Crippen molar-refractivity contribution >= 4 is 48.3 Å². The van der Waals surface area contributed by atoms with Crippen LogP contribution in [0.5, 0.6) is 17.2 Å². The van der Waals surface area contributed by atoms with Gasteiger partial charge in [-0.3, -0.25) is 14.8 Å². The van der Waals surface area contributed by atoms with E-state index >= 15 is 0 Å². The highest BCUT2D eigenvalue weighted by molar-refractivity contribution is 7.92. The monoisotopic (exact) mass is 499 g/mol. The van der Waals surface area contributed by atoms with Crippen molar-refractivity contribution in [3.05, 3.63) is 66.2 Å². The number of methoxy groups -OCH3 is 3. The van der Waals surface area contributed by atoms with Crippen molar-refractivity contribution in [3.63, 3.8) is 0 Å². The van der Waals surface area contributed by atoms with Crippen molar-refractivity contribution in [3.8, 4) is 17.2 Å². The van der Waals surface area contributed by atoms with Crippen molar-refractivity contribution < 1.29 is 27.4 Å². The van der Waals surface area contributed by atoms with Gasteiger partial charge in [-0.15, -0.1) is 0 Å². The minimum atomic E-state index is -4.03. The van der Waals surface area contributed by atoms with E-state index in [1.54, 1.807) is 36.4 Å². The number of rotatable bonds is 8. The van der Waals surface area contributed by atoms with Crippen molar-refractivity contribution in [1.82, 2.24) is 4.98 Å². The Morgan fingerprint density at radius 3 is 2.32 bits per heavy atom. The molecule has 2 N–H and O–H groups in total. The fourth-order valence-electron chi connectivity index (χ4n) is 3.23. The number of sulfonamides is 1. The molecule has 1 amide bonds. The summed E-state index contributed by atoms with van der Waals surface area (Å²) in [6.45, 7) is 0. The summed E-state index contributed by atoms with van der Waals surface area (Å²) < 4.78 is 45.2. The Morgan fingerprint density at radius 2 is 1.65 bits per heavy atom. The molecule has 1 aromatic heterocycles. The van der Waals surface area contributed by atoms with Crippen LogP contribution in [0.2, 0.25) is 0 Å². The molecule has 0 fully saturated rings. The Balaban J connectivity index is 1.67. The normalized spacial score (nSPS) is 11.1. The largest absolute Gasteiger partial charge is 0.497 e. The molecule has 0 saturated heterocycles. The van der Waals surface area contributed by atoms with E-state index in [1.807, 2.05) is 6.07 Å². The third-order valence-electron chi connectivity index (χ3n) is 4.85. The Kier molecular flexibility index (Phi) is 6.57. The molecule has 0 bridgehead atoms. The number of anilines is 2. The highest BCUT2D eigenvalue weighted by Gasteiger charge is 2.22. The van der Waals surface area contributed by atoms with E-state index in [1.165, 1.54) is 50.9 Å². The molecular weight excluding hydrogens is 478 g/mol. The fraction of sp³-hybridized carbons (Fsp3) is 0.130. The zero-order chi connectivity index (χ0) is 24.3. The second-order valence-electron chi connectivity index (χ2n) is 6.99. The van der Waals surface area contributed by atoms with Gasteiger partial charge in [-0.25, -0.2) is 13.4 Å². The number of benzene rings is 3. The lowest BCUT2D eigenvalue weighted by atomic mass is 10.2. The van der Waals surface area contributed by atoms with E-state index in [0.29, 0.717) is 32.4 Å². The van der Waals surface area contributed by atoms with Crippen LogP contribution in [-0.4, -0.2) is 40.6 Å². The van der Waals surface area contributed by atoms with Crippen LogP contribution < -0.4 is 24.2 Å². The van der Waals surface area contributed by atoms with Crippen molar-refractivity contribution in [2.24, 2.45) is 0 Å². The highest BCUT2D eigenvalue weighted by atomic mass is 32.2. The summed E-state index contributed by atoms with van der Waals surface area (Å²) in [5, 5.41) is 3.12. The molecule has 0 aliphatic rings. The number of hydrogen-bond donors (Lipinski definition) is 2. The molecule has 4 aromatic rings. The minimum absolute atomic E-state index is 0.0754. The molecule has 3 aromatic carbocycles. The van der Waals surface area contributed by atoms with Gasteiger partial charge in [-0.1, -0.05) is 29.5 Å². The third-order valence-corrected chi connectivity index (χ3v) is 7.17. The molecule has 34 heavy (non-hydrogen) atoms. The Hall–Kier alpha value is -3.83. The maximum absolute atomic E-state index is 13.1. The molecule has 0 aliphatic heterocycles. The van der Waals surface area contributed by atoms with E-state index < -0.39 is 10.0 Å². The lowest BCUT2D eigenvalue weighted by Gasteiger charge is -2.13. The first-order valence-corrected chi connectivity index (χ1v) is 12.2. The van der Waals surface area contributed by atoms with Gasteiger partial charge in [0.05, 0.1) is 31.7 Å². The SMILES string of the molecule is COc1ccc(OC)c(S(=O)(=O)Nc2cc(OC)c3nc(NC(=O)c4ccccc4)sc3c2)c1. The van der Waals surface area contributed by atoms with E-state index in [2.05, 4.69) is 15.0 Å². The second kappa shape index (κ2) is 9.57.